The Hall–Kier alpha value is -1.62. The van der Waals surface area contributed by atoms with Gasteiger partial charge < -0.3 is 9.63 Å². The van der Waals surface area contributed by atoms with E-state index >= 15 is 0 Å². The molecule has 4 nitrogen and oxygen atoms in total. The molecule has 1 N–H and O–H groups in total. The Kier molecular flexibility index (Phi) is 3.05. The number of carbonyl (C=O) groups is 1. The lowest BCUT2D eigenvalue weighted by Crippen LogP contribution is -1.99. The molecule has 5 heteroatoms. The first-order chi connectivity index (χ1) is 7.66. The Morgan fingerprint density at radius 2 is 2.31 bits per heavy atom. The first kappa shape index (κ1) is 10.9. The second kappa shape index (κ2) is 4.49. The predicted octanol–water partition coefficient (Wildman–Crippen LogP) is 2.73. The number of carboxylic acids is 1. The van der Waals surface area contributed by atoms with Crippen LogP contribution in [-0.2, 0) is 6.42 Å². The van der Waals surface area contributed by atoms with Crippen molar-refractivity contribution < 1.29 is 14.4 Å². The van der Waals surface area contributed by atoms with Crippen LogP contribution in [0.2, 0.25) is 0 Å². The van der Waals surface area contributed by atoms with E-state index in [1.54, 1.807) is 0 Å². The quantitative estimate of drug-likeness (QED) is 0.940. The van der Waals surface area contributed by atoms with E-state index in [2.05, 4.69) is 21.1 Å². The highest BCUT2D eigenvalue weighted by atomic mass is 79.9. The van der Waals surface area contributed by atoms with Crippen molar-refractivity contribution in [2.45, 2.75) is 6.42 Å². The molecule has 16 heavy (non-hydrogen) atoms. The van der Waals surface area contributed by atoms with E-state index in [0.29, 0.717) is 12.2 Å². The van der Waals surface area contributed by atoms with Gasteiger partial charge in [-0.1, -0.05) is 33.2 Å². The van der Waals surface area contributed by atoms with Crippen molar-refractivity contribution in [3.05, 3.63) is 51.8 Å². The van der Waals surface area contributed by atoms with Crippen LogP contribution >= 0.6 is 15.9 Å². The minimum atomic E-state index is -1.02. The summed E-state index contributed by atoms with van der Waals surface area (Å²) in [5.41, 5.74) is 1.08. The molecule has 0 saturated carbocycles. The van der Waals surface area contributed by atoms with Crippen LogP contribution < -0.4 is 0 Å². The van der Waals surface area contributed by atoms with Gasteiger partial charge in [-0.2, -0.15) is 0 Å². The molecule has 2 rings (SSSR count). The average molecular weight is 282 g/mol. The monoisotopic (exact) mass is 281 g/mol. The van der Waals surface area contributed by atoms with E-state index in [4.69, 9.17) is 9.63 Å². The molecule has 1 aromatic heterocycles. The van der Waals surface area contributed by atoms with E-state index in [1.165, 1.54) is 6.20 Å². The first-order valence-electron chi connectivity index (χ1n) is 4.58. The molecule has 0 radical (unpaired) electrons. The molecule has 0 atom stereocenters. The van der Waals surface area contributed by atoms with Gasteiger partial charge in [0, 0.05) is 10.9 Å². The number of nitrogens with zero attached hydrogens (tertiary/aromatic N) is 1. The minimum absolute atomic E-state index is 0.111. The maximum absolute atomic E-state index is 10.8. The maximum Gasteiger partial charge on any atom is 0.340 e. The number of carboxylic acid groups (broad SMARTS) is 1. The summed E-state index contributed by atoms with van der Waals surface area (Å²) in [7, 11) is 0. The van der Waals surface area contributed by atoms with Crippen LogP contribution in [0.25, 0.3) is 0 Å². The van der Waals surface area contributed by atoms with Gasteiger partial charge in [0.2, 0.25) is 0 Å². The molecule has 0 aliphatic heterocycles. The Morgan fingerprint density at radius 3 is 3.00 bits per heavy atom. The summed E-state index contributed by atoms with van der Waals surface area (Å²) in [4.78, 5) is 10.8. The van der Waals surface area contributed by atoms with Crippen LogP contribution in [0, 0.1) is 0 Å². The lowest BCUT2D eigenvalue weighted by Gasteiger charge is -1.99. The zero-order chi connectivity index (χ0) is 11.5. The number of benzene rings is 1. The Balaban J connectivity index is 2.27. The van der Waals surface area contributed by atoms with Gasteiger partial charge in [0.05, 0.1) is 6.20 Å². The largest absolute Gasteiger partial charge is 0.478 e. The van der Waals surface area contributed by atoms with E-state index in [9.17, 15) is 4.79 Å². The number of halogens is 1. The summed E-state index contributed by atoms with van der Waals surface area (Å²) in [5, 5.41) is 12.4. The Morgan fingerprint density at radius 1 is 1.50 bits per heavy atom. The van der Waals surface area contributed by atoms with Gasteiger partial charge in [-0.3, -0.25) is 0 Å². The van der Waals surface area contributed by atoms with Crippen molar-refractivity contribution in [3.8, 4) is 0 Å². The van der Waals surface area contributed by atoms with Crippen LogP contribution in [-0.4, -0.2) is 16.2 Å². The van der Waals surface area contributed by atoms with Crippen molar-refractivity contribution in [3.63, 3.8) is 0 Å². The number of hydrogen-bond donors (Lipinski definition) is 1. The van der Waals surface area contributed by atoms with Crippen molar-refractivity contribution in [2.24, 2.45) is 0 Å². The van der Waals surface area contributed by atoms with E-state index in [0.717, 1.165) is 10.0 Å². The average Bonchev–Trinajstić information content (AvgIpc) is 2.66. The molecule has 0 amide bonds. The molecule has 0 saturated heterocycles. The zero-order valence-electron chi connectivity index (χ0n) is 8.18. The highest BCUT2D eigenvalue weighted by Gasteiger charge is 2.15. The molecule has 0 bridgehead atoms. The van der Waals surface area contributed by atoms with Crippen LogP contribution in [0.15, 0.2) is 39.5 Å². The molecule has 0 aliphatic rings. The summed E-state index contributed by atoms with van der Waals surface area (Å²) in [6.45, 7) is 0. The first-order valence-corrected chi connectivity index (χ1v) is 5.37. The molecule has 0 aliphatic carbocycles. The fraction of sp³-hybridized carbons (Fsp3) is 0.0909. The normalized spacial score (nSPS) is 10.3. The number of aromatic nitrogens is 1. The van der Waals surface area contributed by atoms with Gasteiger partial charge >= 0.3 is 5.97 Å². The zero-order valence-corrected chi connectivity index (χ0v) is 9.77. The third kappa shape index (κ3) is 2.30. The smallest absolute Gasteiger partial charge is 0.340 e. The number of aromatic carboxylic acids is 1. The van der Waals surface area contributed by atoms with Gasteiger partial charge in [-0.15, -0.1) is 0 Å². The lowest BCUT2D eigenvalue weighted by molar-refractivity contribution is 0.0694. The summed E-state index contributed by atoms with van der Waals surface area (Å²) < 4.78 is 5.87. The van der Waals surface area contributed by atoms with Crippen molar-refractivity contribution in [1.82, 2.24) is 5.16 Å². The molecule has 1 heterocycles. The maximum atomic E-state index is 10.8. The standard InChI is InChI=1S/C11H8BrNO3/c12-8-3-1-2-7(4-8)5-10-9(11(14)15)6-13-16-10/h1-4,6H,5H2,(H,14,15). The topological polar surface area (TPSA) is 63.3 Å². The van der Waals surface area contributed by atoms with Gasteiger partial charge in [0.1, 0.15) is 5.56 Å². The summed E-state index contributed by atoms with van der Waals surface area (Å²) in [6, 6.07) is 7.60. The second-order valence-corrected chi connectivity index (χ2v) is 4.19. The highest BCUT2D eigenvalue weighted by Crippen LogP contribution is 2.17. The third-order valence-corrected chi connectivity index (χ3v) is 2.62. The Bertz CT molecular complexity index is 521. The minimum Gasteiger partial charge on any atom is -0.478 e. The van der Waals surface area contributed by atoms with Crippen LogP contribution in [0.1, 0.15) is 21.7 Å². The van der Waals surface area contributed by atoms with E-state index in [-0.39, 0.29) is 5.56 Å². The summed E-state index contributed by atoms with van der Waals surface area (Å²) >= 11 is 3.35. The molecule has 2 aromatic rings. The SMILES string of the molecule is O=C(O)c1cnoc1Cc1cccc(Br)c1. The van der Waals surface area contributed by atoms with Crippen molar-refractivity contribution >= 4 is 21.9 Å². The lowest BCUT2D eigenvalue weighted by atomic mass is 10.1. The van der Waals surface area contributed by atoms with Gasteiger partial charge in [-0.05, 0) is 17.7 Å². The fourth-order valence-corrected chi connectivity index (χ4v) is 1.84. The number of hydrogen-bond acceptors (Lipinski definition) is 3. The van der Waals surface area contributed by atoms with Crippen molar-refractivity contribution in [1.29, 1.82) is 0 Å². The molecule has 1 aromatic carbocycles. The van der Waals surface area contributed by atoms with Gasteiger partial charge in [0.15, 0.2) is 5.76 Å². The van der Waals surface area contributed by atoms with Crippen LogP contribution in [0.3, 0.4) is 0 Å². The van der Waals surface area contributed by atoms with Crippen molar-refractivity contribution in [2.75, 3.05) is 0 Å². The molecule has 0 spiro atoms. The van der Waals surface area contributed by atoms with Crippen LogP contribution in [0.4, 0.5) is 0 Å². The van der Waals surface area contributed by atoms with Gasteiger partial charge in [0.25, 0.3) is 0 Å². The highest BCUT2D eigenvalue weighted by molar-refractivity contribution is 9.10. The van der Waals surface area contributed by atoms with E-state index < -0.39 is 5.97 Å². The van der Waals surface area contributed by atoms with E-state index in [1.807, 2.05) is 24.3 Å². The summed E-state index contributed by atoms with van der Waals surface area (Å²) in [5.74, 6) is -0.656. The summed E-state index contributed by atoms with van der Waals surface area (Å²) in [6.07, 6.45) is 1.64. The molecular formula is C11H8BrNO3. The predicted molar refractivity (Wildman–Crippen MR) is 60.4 cm³/mol. The molecule has 0 unspecified atom stereocenters. The molecule has 82 valence electrons. The Labute approximate surface area is 100 Å². The molecular weight excluding hydrogens is 274 g/mol. The molecule has 0 fully saturated rings. The number of rotatable bonds is 3. The van der Waals surface area contributed by atoms with Gasteiger partial charge in [-0.25, -0.2) is 4.79 Å². The van der Waals surface area contributed by atoms with Crippen LogP contribution in [0.5, 0.6) is 0 Å². The second-order valence-electron chi connectivity index (χ2n) is 3.27. The third-order valence-electron chi connectivity index (χ3n) is 2.13. The fourth-order valence-electron chi connectivity index (χ4n) is 1.40.